The maximum absolute atomic E-state index is 11.2. The lowest BCUT2D eigenvalue weighted by Crippen LogP contribution is -2.05. The number of carbonyl (C=O) groups is 1. The number of carboxylic acid groups (broad SMARTS) is 1. The summed E-state index contributed by atoms with van der Waals surface area (Å²) in [6, 6.07) is 4.51. The van der Waals surface area contributed by atoms with Gasteiger partial charge in [-0.2, -0.15) is 5.10 Å². The molecule has 0 aliphatic heterocycles. The fourth-order valence-electron chi connectivity index (χ4n) is 2.01. The summed E-state index contributed by atoms with van der Waals surface area (Å²) in [5.41, 5.74) is 0.795. The third kappa shape index (κ3) is 2.29. The molecule has 0 saturated carbocycles. The maximum atomic E-state index is 11.2. The van der Waals surface area contributed by atoms with Gasteiger partial charge in [0, 0.05) is 10.5 Å². The predicted molar refractivity (Wildman–Crippen MR) is 74.4 cm³/mol. The average molecular weight is 340 g/mol. The number of hydrogen-bond donors (Lipinski definition) is 1. The van der Waals surface area contributed by atoms with Crippen molar-refractivity contribution in [3.63, 3.8) is 0 Å². The maximum Gasteiger partial charge on any atom is 0.339 e. The molecular weight excluding hydrogens is 330 g/mol. The van der Waals surface area contributed by atoms with Crippen molar-refractivity contribution in [3.05, 3.63) is 49.7 Å². The zero-order valence-electron chi connectivity index (χ0n) is 10.6. The molecule has 2 aromatic rings. The molecular formula is C12H10BrN3O4. The van der Waals surface area contributed by atoms with Crippen molar-refractivity contribution in [2.75, 3.05) is 0 Å². The van der Waals surface area contributed by atoms with Crippen molar-refractivity contribution < 1.29 is 14.8 Å². The van der Waals surface area contributed by atoms with Gasteiger partial charge in [0.1, 0.15) is 11.3 Å². The van der Waals surface area contributed by atoms with Crippen LogP contribution in [0.1, 0.15) is 21.7 Å². The van der Waals surface area contributed by atoms with Crippen LogP contribution in [0.25, 0.3) is 5.69 Å². The monoisotopic (exact) mass is 339 g/mol. The van der Waals surface area contributed by atoms with Gasteiger partial charge in [0.15, 0.2) is 0 Å². The second-order valence-electron chi connectivity index (χ2n) is 4.15. The third-order valence-electron chi connectivity index (χ3n) is 2.87. The smallest absolute Gasteiger partial charge is 0.339 e. The number of rotatable bonds is 3. The quantitative estimate of drug-likeness (QED) is 0.684. The zero-order valence-corrected chi connectivity index (χ0v) is 12.2. The first-order chi connectivity index (χ1) is 9.32. The number of halogens is 1. The highest BCUT2D eigenvalue weighted by atomic mass is 79.9. The molecule has 8 heteroatoms. The van der Waals surface area contributed by atoms with Crippen LogP contribution in [0.2, 0.25) is 0 Å². The van der Waals surface area contributed by atoms with Gasteiger partial charge in [-0.25, -0.2) is 9.48 Å². The minimum absolute atomic E-state index is 0.0576. The molecule has 0 aliphatic rings. The summed E-state index contributed by atoms with van der Waals surface area (Å²) in [4.78, 5) is 21.7. The second-order valence-corrected chi connectivity index (χ2v) is 5.07. The van der Waals surface area contributed by atoms with E-state index in [1.807, 2.05) is 0 Å². The Bertz CT molecular complexity index is 724. The van der Waals surface area contributed by atoms with E-state index in [1.165, 1.54) is 16.8 Å². The van der Waals surface area contributed by atoms with Crippen LogP contribution in [0.15, 0.2) is 22.7 Å². The van der Waals surface area contributed by atoms with E-state index < -0.39 is 10.9 Å². The summed E-state index contributed by atoms with van der Waals surface area (Å²) >= 11 is 3.17. The first-order valence-electron chi connectivity index (χ1n) is 5.56. The third-order valence-corrected chi connectivity index (χ3v) is 3.36. The summed E-state index contributed by atoms with van der Waals surface area (Å²) < 4.78 is 1.84. The van der Waals surface area contributed by atoms with Gasteiger partial charge in [-0.15, -0.1) is 0 Å². The summed E-state index contributed by atoms with van der Waals surface area (Å²) in [5, 5.41) is 24.3. The van der Waals surface area contributed by atoms with E-state index in [9.17, 15) is 14.9 Å². The van der Waals surface area contributed by atoms with Gasteiger partial charge in [0.25, 0.3) is 5.69 Å². The normalized spacial score (nSPS) is 10.6. The molecule has 0 radical (unpaired) electrons. The molecule has 0 unspecified atom stereocenters. The number of hydrogen-bond acceptors (Lipinski definition) is 4. The van der Waals surface area contributed by atoms with Gasteiger partial charge >= 0.3 is 5.97 Å². The minimum atomic E-state index is -1.11. The number of aryl methyl sites for hydroxylation is 1. The molecule has 0 bridgehead atoms. The van der Waals surface area contributed by atoms with Gasteiger partial charge < -0.3 is 5.11 Å². The second kappa shape index (κ2) is 5.04. The summed E-state index contributed by atoms with van der Waals surface area (Å²) in [5.74, 6) is -1.11. The molecule has 1 N–H and O–H groups in total. The Morgan fingerprint density at radius 1 is 1.45 bits per heavy atom. The highest BCUT2D eigenvalue weighted by Gasteiger charge is 2.23. The van der Waals surface area contributed by atoms with Crippen LogP contribution in [0.3, 0.4) is 0 Å². The fraction of sp³-hybridized carbons (Fsp3) is 0.167. The molecule has 2 rings (SSSR count). The lowest BCUT2D eigenvalue weighted by atomic mass is 10.2. The van der Waals surface area contributed by atoms with Crippen molar-refractivity contribution in [3.8, 4) is 5.69 Å². The molecule has 1 aromatic carbocycles. The first-order valence-corrected chi connectivity index (χ1v) is 6.36. The molecule has 0 saturated heterocycles. The molecule has 0 amide bonds. The molecule has 104 valence electrons. The number of aromatic carboxylic acids is 1. The Balaban J connectivity index is 2.73. The molecule has 20 heavy (non-hydrogen) atoms. The Labute approximate surface area is 122 Å². The number of nitro benzene ring substituents is 1. The van der Waals surface area contributed by atoms with E-state index in [4.69, 9.17) is 5.11 Å². The SMILES string of the molecule is Cc1nn(-c2ccc(Br)cc2[N+](=O)[O-])c(C)c1C(=O)O. The molecule has 0 spiro atoms. The Kier molecular flexibility index (Phi) is 3.58. The van der Waals surface area contributed by atoms with Crippen LogP contribution in [0.5, 0.6) is 0 Å². The van der Waals surface area contributed by atoms with Crippen molar-refractivity contribution >= 4 is 27.6 Å². The van der Waals surface area contributed by atoms with E-state index in [0.717, 1.165) is 0 Å². The van der Waals surface area contributed by atoms with Gasteiger partial charge in [-0.1, -0.05) is 15.9 Å². The standard InChI is InChI=1S/C12H10BrN3O4/c1-6-11(12(17)18)7(2)15(14-6)9-4-3-8(13)5-10(9)16(19)20/h3-5H,1-2H3,(H,17,18). The number of nitro groups is 1. The fourth-order valence-corrected chi connectivity index (χ4v) is 2.36. The van der Waals surface area contributed by atoms with Crippen LogP contribution in [-0.4, -0.2) is 25.8 Å². The number of aromatic nitrogens is 2. The van der Waals surface area contributed by atoms with E-state index >= 15 is 0 Å². The molecule has 7 nitrogen and oxygen atoms in total. The predicted octanol–water partition coefficient (Wildman–Crippen LogP) is 2.86. The summed E-state index contributed by atoms with van der Waals surface area (Å²) in [7, 11) is 0. The average Bonchev–Trinajstić information content (AvgIpc) is 2.64. The van der Waals surface area contributed by atoms with E-state index in [2.05, 4.69) is 21.0 Å². The Hall–Kier alpha value is -2.22. The molecule has 1 aromatic heterocycles. The topological polar surface area (TPSA) is 98.3 Å². The zero-order chi connectivity index (χ0) is 15.0. The van der Waals surface area contributed by atoms with Crippen molar-refractivity contribution in [2.24, 2.45) is 0 Å². The highest BCUT2D eigenvalue weighted by Crippen LogP contribution is 2.28. The van der Waals surface area contributed by atoms with Gasteiger partial charge in [0.2, 0.25) is 0 Å². The highest BCUT2D eigenvalue weighted by molar-refractivity contribution is 9.10. The number of nitrogens with zero attached hydrogens (tertiary/aromatic N) is 3. The summed E-state index contributed by atoms with van der Waals surface area (Å²) in [6.45, 7) is 3.12. The number of carboxylic acids is 1. The van der Waals surface area contributed by atoms with Gasteiger partial charge in [-0.3, -0.25) is 10.1 Å². The largest absolute Gasteiger partial charge is 0.478 e. The molecule has 0 atom stereocenters. The van der Waals surface area contributed by atoms with E-state index in [-0.39, 0.29) is 16.9 Å². The molecule has 1 heterocycles. The van der Waals surface area contributed by atoms with Crippen LogP contribution >= 0.6 is 15.9 Å². The number of benzene rings is 1. The van der Waals surface area contributed by atoms with E-state index in [1.54, 1.807) is 19.9 Å². The lowest BCUT2D eigenvalue weighted by Gasteiger charge is -2.06. The van der Waals surface area contributed by atoms with Crippen LogP contribution < -0.4 is 0 Å². The van der Waals surface area contributed by atoms with Crippen molar-refractivity contribution in [1.82, 2.24) is 9.78 Å². The van der Waals surface area contributed by atoms with Crippen LogP contribution in [0.4, 0.5) is 5.69 Å². The Morgan fingerprint density at radius 2 is 2.10 bits per heavy atom. The van der Waals surface area contributed by atoms with Gasteiger partial charge in [-0.05, 0) is 26.0 Å². The van der Waals surface area contributed by atoms with Crippen LogP contribution in [-0.2, 0) is 0 Å². The minimum Gasteiger partial charge on any atom is -0.478 e. The Morgan fingerprint density at radius 3 is 2.60 bits per heavy atom. The first kappa shape index (κ1) is 14.2. The summed E-state index contributed by atoms with van der Waals surface area (Å²) in [6.07, 6.45) is 0. The van der Waals surface area contributed by atoms with Crippen LogP contribution in [0, 0.1) is 24.0 Å². The van der Waals surface area contributed by atoms with Crippen molar-refractivity contribution in [2.45, 2.75) is 13.8 Å². The van der Waals surface area contributed by atoms with Crippen molar-refractivity contribution in [1.29, 1.82) is 0 Å². The molecule has 0 aliphatic carbocycles. The lowest BCUT2D eigenvalue weighted by molar-refractivity contribution is -0.384. The molecule has 0 fully saturated rings. The van der Waals surface area contributed by atoms with E-state index in [0.29, 0.717) is 15.9 Å². The van der Waals surface area contributed by atoms with Gasteiger partial charge in [0.05, 0.1) is 16.3 Å².